The number of oxazole rings is 1. The maximum Gasteiger partial charge on any atom is 0.405 e. The minimum absolute atomic E-state index is 0.00906. The number of ether oxygens (including phenoxy) is 1. The number of fused-ring (bicyclic) bond motifs is 1. The molecule has 1 unspecified atom stereocenters. The molecule has 69 heavy (non-hydrogen) atoms. The highest BCUT2D eigenvalue weighted by Crippen LogP contribution is 2.34. The third-order valence-electron chi connectivity index (χ3n) is 10.8. The number of alkyl halides is 3. The van der Waals surface area contributed by atoms with Crippen molar-refractivity contribution in [2.45, 2.75) is 63.6 Å². The number of hydrogen-bond donors (Lipinski definition) is 6. The first-order valence-corrected chi connectivity index (χ1v) is 21.6. The van der Waals surface area contributed by atoms with Crippen LogP contribution in [0, 0.1) is 0 Å². The van der Waals surface area contributed by atoms with Crippen molar-refractivity contribution in [3.63, 3.8) is 0 Å². The third kappa shape index (κ3) is 12.1. The van der Waals surface area contributed by atoms with E-state index in [0.29, 0.717) is 30.8 Å². The molecule has 24 heteroatoms. The van der Waals surface area contributed by atoms with Crippen LogP contribution in [0.3, 0.4) is 0 Å². The Labute approximate surface area is 389 Å². The fraction of sp³-hybridized carbons (Fsp3) is 0.311. The molecule has 0 bridgehead atoms. The summed E-state index contributed by atoms with van der Waals surface area (Å²) in [6, 6.07) is 12.3. The highest BCUT2D eigenvalue weighted by Gasteiger charge is 2.46. The fourth-order valence-electron chi connectivity index (χ4n) is 7.38. The molecule has 2 aliphatic rings. The van der Waals surface area contributed by atoms with Crippen molar-refractivity contribution in [2.75, 3.05) is 36.9 Å². The molecule has 360 valence electrons. The largest absolute Gasteiger partial charge is 0.483 e. The number of primary amides is 1. The van der Waals surface area contributed by atoms with Gasteiger partial charge in [0.2, 0.25) is 17.7 Å². The number of pyridine rings is 1. The van der Waals surface area contributed by atoms with Crippen molar-refractivity contribution < 1.29 is 60.7 Å². The molecule has 1 saturated heterocycles. The zero-order valence-electron chi connectivity index (χ0n) is 36.5. The smallest absolute Gasteiger partial charge is 0.405 e. The zero-order chi connectivity index (χ0) is 49.2. The van der Waals surface area contributed by atoms with E-state index >= 15 is 0 Å². The van der Waals surface area contributed by atoms with Crippen LogP contribution in [-0.2, 0) is 14.4 Å². The molecule has 3 aromatic heterocycles. The second-order valence-electron chi connectivity index (χ2n) is 15.8. The Morgan fingerprint density at radius 1 is 0.899 bits per heavy atom. The van der Waals surface area contributed by atoms with Gasteiger partial charge in [-0.15, -0.1) is 0 Å². The molecule has 21 nitrogen and oxygen atoms in total. The number of aromatic nitrogens is 4. The number of hydrogen-bond acceptors (Lipinski definition) is 14. The number of nitrogens with two attached hydrogens (primary N) is 1. The van der Waals surface area contributed by atoms with E-state index < -0.39 is 66.7 Å². The van der Waals surface area contributed by atoms with Gasteiger partial charge >= 0.3 is 6.18 Å². The first-order valence-electron chi connectivity index (χ1n) is 21.6. The Balaban J connectivity index is 0.782. The van der Waals surface area contributed by atoms with Gasteiger partial charge in [0.05, 0.1) is 28.7 Å². The van der Waals surface area contributed by atoms with Gasteiger partial charge in [-0.1, -0.05) is 31.7 Å². The van der Waals surface area contributed by atoms with E-state index in [4.69, 9.17) is 14.9 Å². The third-order valence-corrected chi connectivity index (χ3v) is 10.8. The van der Waals surface area contributed by atoms with Crippen molar-refractivity contribution in [2.24, 2.45) is 5.73 Å². The number of unbranched alkanes of at least 4 members (excludes halogenated alkanes) is 5. The number of rotatable bonds is 21. The Morgan fingerprint density at radius 3 is 2.33 bits per heavy atom. The van der Waals surface area contributed by atoms with Crippen LogP contribution >= 0.6 is 0 Å². The van der Waals surface area contributed by atoms with Crippen LogP contribution in [0.5, 0.6) is 5.75 Å². The summed E-state index contributed by atoms with van der Waals surface area (Å²) in [5, 5.41) is 16.6. The molecule has 0 radical (unpaired) electrons. The predicted molar refractivity (Wildman–Crippen MR) is 236 cm³/mol. The molecule has 0 saturated carbocycles. The Bertz CT molecular complexity index is 2790. The number of anilines is 2. The highest BCUT2D eigenvalue weighted by molar-refractivity contribution is 6.24. The Kier molecular flexibility index (Phi) is 15.1. The van der Waals surface area contributed by atoms with Gasteiger partial charge in [0.15, 0.2) is 18.0 Å². The van der Waals surface area contributed by atoms with Crippen LogP contribution in [0.1, 0.15) is 103 Å². The molecular weight excluding hydrogens is 912 g/mol. The molecule has 7 N–H and O–H groups in total. The summed E-state index contributed by atoms with van der Waals surface area (Å²) in [5.74, 6) is -5.19. The van der Waals surface area contributed by atoms with Crippen molar-refractivity contribution in [3.05, 3.63) is 101 Å². The monoisotopic (exact) mass is 955 g/mol. The highest BCUT2D eigenvalue weighted by atomic mass is 19.4. The summed E-state index contributed by atoms with van der Waals surface area (Å²) in [6.07, 6.45) is 4.12. The number of imide groups is 2. The van der Waals surface area contributed by atoms with E-state index in [2.05, 4.69) is 41.7 Å². The standard InChI is InChI=1S/C45H44F3N11O10/c46-45(47,48)24-53-33-20-26(16-19-50-33)42-55-30(22-69-42)40(64)54-29-21-58(57-37(29)38(49)62)27-12-10-25(11-13-27)39(63)52-18-6-4-2-1-3-5-17-51-35(61)23-68-32-9-7-8-28-36(32)44(67)59(43(28)66)31-14-15-34(60)56-41(31)65/h7-13,16,19-22,31H,1-6,14-15,17-18,23-24H2,(H2,49,62)(H,50,53)(H,51,61)(H,52,63)(H,54,64)(H,56,60,65). The lowest BCUT2D eigenvalue weighted by atomic mass is 10.0. The van der Waals surface area contributed by atoms with Gasteiger partial charge < -0.3 is 36.2 Å². The van der Waals surface area contributed by atoms with Crippen LogP contribution in [0.2, 0.25) is 0 Å². The lowest BCUT2D eigenvalue weighted by Gasteiger charge is -2.27. The molecule has 0 aliphatic carbocycles. The second kappa shape index (κ2) is 21.5. The van der Waals surface area contributed by atoms with E-state index in [1.807, 2.05) is 0 Å². The molecule has 1 fully saturated rings. The molecule has 2 aliphatic heterocycles. The number of carbonyl (C=O) groups is 8. The van der Waals surface area contributed by atoms with Crippen LogP contribution < -0.4 is 37.1 Å². The number of benzene rings is 2. The molecule has 1 atom stereocenters. The molecule has 2 aromatic carbocycles. The van der Waals surface area contributed by atoms with Gasteiger partial charge in [0.1, 0.15) is 30.4 Å². The minimum Gasteiger partial charge on any atom is -0.483 e. The molecule has 8 amide bonds. The van der Waals surface area contributed by atoms with E-state index in [0.717, 1.165) is 43.3 Å². The quantitative estimate of drug-likeness (QED) is 0.0449. The summed E-state index contributed by atoms with van der Waals surface area (Å²) in [5.41, 5.74) is 6.06. The average Bonchev–Trinajstić information content (AvgIpc) is 4.05. The van der Waals surface area contributed by atoms with E-state index in [-0.39, 0.29) is 70.0 Å². The summed E-state index contributed by atoms with van der Waals surface area (Å²) in [4.78, 5) is 110. The van der Waals surface area contributed by atoms with Crippen LogP contribution in [0.25, 0.3) is 17.1 Å². The van der Waals surface area contributed by atoms with Crippen molar-refractivity contribution >= 4 is 58.8 Å². The van der Waals surface area contributed by atoms with Gasteiger partial charge in [-0.25, -0.2) is 14.6 Å². The predicted octanol–water partition coefficient (Wildman–Crippen LogP) is 3.91. The van der Waals surface area contributed by atoms with E-state index in [1.165, 1.54) is 47.4 Å². The van der Waals surface area contributed by atoms with Gasteiger partial charge in [-0.3, -0.25) is 48.6 Å². The van der Waals surface area contributed by atoms with Gasteiger partial charge in [-0.05, 0) is 67.8 Å². The van der Waals surface area contributed by atoms with Crippen LogP contribution in [0.4, 0.5) is 24.7 Å². The number of nitrogens with zero attached hydrogens (tertiary/aromatic N) is 5. The summed E-state index contributed by atoms with van der Waals surface area (Å²) >= 11 is 0. The van der Waals surface area contributed by atoms with Gasteiger partial charge in [0.25, 0.3) is 35.4 Å². The normalized spacial score (nSPS) is 14.5. The maximum absolute atomic E-state index is 13.2. The average molecular weight is 956 g/mol. The topological polar surface area (TPSA) is 292 Å². The van der Waals surface area contributed by atoms with E-state index in [1.54, 1.807) is 24.3 Å². The maximum atomic E-state index is 13.2. The summed E-state index contributed by atoms with van der Waals surface area (Å²) in [6.45, 7) is -0.864. The molecular formula is C45H44F3N11O10. The van der Waals surface area contributed by atoms with Gasteiger partial charge in [0, 0.05) is 36.8 Å². The number of carbonyl (C=O) groups excluding carboxylic acids is 8. The Morgan fingerprint density at radius 2 is 1.62 bits per heavy atom. The first kappa shape index (κ1) is 48.5. The fourth-order valence-corrected chi connectivity index (χ4v) is 7.38. The molecule has 5 aromatic rings. The first-order chi connectivity index (χ1) is 33.1. The zero-order valence-corrected chi connectivity index (χ0v) is 36.5. The summed E-state index contributed by atoms with van der Waals surface area (Å²) < 4.78 is 50.1. The SMILES string of the molecule is NC(=O)c1nn(-c2ccc(C(=O)NCCCCCCCCNC(=O)COc3cccc4c3C(=O)N(C3CCC(=O)NC3=O)C4=O)cc2)cc1NC(=O)c1coc(-c2ccnc(NCC(F)(F)F)c2)n1. The second-order valence-corrected chi connectivity index (χ2v) is 15.8. The van der Waals surface area contributed by atoms with Crippen LogP contribution in [0.15, 0.2) is 77.7 Å². The number of amides is 8. The Hall–Kier alpha value is -8.44. The lowest BCUT2D eigenvalue weighted by molar-refractivity contribution is -0.136. The van der Waals surface area contributed by atoms with Crippen LogP contribution in [-0.4, -0.2) is 110 Å². The summed E-state index contributed by atoms with van der Waals surface area (Å²) in [7, 11) is 0. The van der Waals surface area contributed by atoms with Crippen molar-refractivity contribution in [1.82, 2.24) is 40.6 Å². The van der Waals surface area contributed by atoms with E-state index in [9.17, 15) is 51.5 Å². The van der Waals surface area contributed by atoms with Crippen molar-refractivity contribution in [3.8, 4) is 22.9 Å². The number of piperidine rings is 1. The van der Waals surface area contributed by atoms with Crippen molar-refractivity contribution in [1.29, 1.82) is 0 Å². The minimum atomic E-state index is -4.47. The number of nitrogens with one attached hydrogen (secondary N) is 5. The molecule has 0 spiro atoms. The van der Waals surface area contributed by atoms with Gasteiger partial charge in [-0.2, -0.15) is 18.3 Å². The molecule has 7 rings (SSSR count). The number of halogens is 3. The molecule has 5 heterocycles. The lowest BCUT2D eigenvalue weighted by Crippen LogP contribution is -2.54.